The van der Waals surface area contributed by atoms with E-state index >= 15 is 0 Å². The summed E-state index contributed by atoms with van der Waals surface area (Å²) in [7, 11) is -3.15. The van der Waals surface area contributed by atoms with Gasteiger partial charge < -0.3 is 15.0 Å². The first kappa shape index (κ1) is 24.6. The number of hydrogen-bond donors (Lipinski definition) is 1. The number of rotatable bonds is 5. The van der Waals surface area contributed by atoms with Crippen LogP contribution in [-0.2, 0) is 32.2 Å². The molecule has 2 saturated heterocycles. The van der Waals surface area contributed by atoms with Gasteiger partial charge in [-0.2, -0.15) is 4.99 Å². The number of anilines is 1. The van der Waals surface area contributed by atoms with Crippen LogP contribution in [0.4, 0.5) is 10.5 Å². The minimum Gasteiger partial charge on any atom is -0.444 e. The predicted molar refractivity (Wildman–Crippen MR) is 128 cm³/mol. The van der Waals surface area contributed by atoms with Gasteiger partial charge in [0.1, 0.15) is 12.1 Å². The van der Waals surface area contributed by atoms with E-state index in [1.807, 2.05) is 23.1 Å². The zero-order valence-corrected chi connectivity index (χ0v) is 20.8. The summed E-state index contributed by atoms with van der Waals surface area (Å²) >= 11 is 1.33. The van der Waals surface area contributed by atoms with Crippen LogP contribution in [0.25, 0.3) is 0 Å². The van der Waals surface area contributed by atoms with Crippen molar-refractivity contribution in [1.82, 2.24) is 5.32 Å². The zero-order chi connectivity index (χ0) is 23.7. The molecule has 1 N–H and O–H groups in total. The summed E-state index contributed by atoms with van der Waals surface area (Å²) in [6.07, 6.45) is 0.862. The third-order valence-electron chi connectivity index (χ3n) is 5.28. The number of sulfone groups is 1. The Labute approximate surface area is 194 Å². The molecule has 0 unspecified atom stereocenters. The van der Waals surface area contributed by atoms with E-state index in [1.54, 1.807) is 20.8 Å². The first-order chi connectivity index (χ1) is 14.9. The molecule has 10 heteroatoms. The van der Waals surface area contributed by atoms with Crippen molar-refractivity contribution in [3.05, 3.63) is 29.3 Å². The van der Waals surface area contributed by atoms with Gasteiger partial charge in [-0.15, -0.1) is 0 Å². The number of amides is 2. The molecule has 8 nitrogen and oxygen atoms in total. The fraction of sp³-hybridized carbons (Fsp3) is 0.591. The van der Waals surface area contributed by atoms with E-state index in [0.717, 1.165) is 29.7 Å². The van der Waals surface area contributed by atoms with Crippen molar-refractivity contribution in [2.24, 2.45) is 4.99 Å². The van der Waals surface area contributed by atoms with E-state index in [9.17, 15) is 18.0 Å². The van der Waals surface area contributed by atoms with Gasteiger partial charge in [0.05, 0.1) is 17.5 Å². The minimum atomic E-state index is -3.15. The second-order valence-electron chi connectivity index (χ2n) is 8.95. The van der Waals surface area contributed by atoms with Gasteiger partial charge in [0.25, 0.3) is 5.91 Å². The molecule has 32 heavy (non-hydrogen) atoms. The number of benzene rings is 1. The van der Waals surface area contributed by atoms with Crippen molar-refractivity contribution in [2.45, 2.75) is 64.4 Å². The van der Waals surface area contributed by atoms with E-state index in [0.29, 0.717) is 5.17 Å². The van der Waals surface area contributed by atoms with E-state index in [4.69, 9.17) is 4.74 Å². The number of thioether (sulfide) groups is 1. The molecule has 0 radical (unpaired) electrons. The highest BCUT2D eigenvalue weighted by Crippen LogP contribution is 2.43. The van der Waals surface area contributed by atoms with Crippen LogP contribution in [0.5, 0.6) is 0 Å². The molecule has 0 bridgehead atoms. The summed E-state index contributed by atoms with van der Waals surface area (Å²) in [6.45, 7) is 9.03. The van der Waals surface area contributed by atoms with Gasteiger partial charge in [-0.3, -0.25) is 4.79 Å². The normalized spacial score (nSPS) is 23.3. The van der Waals surface area contributed by atoms with Crippen LogP contribution < -0.4 is 10.2 Å². The number of amidine groups is 1. The van der Waals surface area contributed by atoms with E-state index < -0.39 is 27.4 Å². The highest BCUT2D eigenvalue weighted by atomic mass is 32.2. The lowest BCUT2D eigenvalue weighted by atomic mass is 10.0. The molecular weight excluding hydrogens is 450 g/mol. The van der Waals surface area contributed by atoms with Crippen molar-refractivity contribution < 1.29 is 22.7 Å². The third-order valence-corrected chi connectivity index (χ3v) is 8.49. The van der Waals surface area contributed by atoms with Gasteiger partial charge in [-0.1, -0.05) is 43.8 Å². The van der Waals surface area contributed by atoms with Crippen LogP contribution in [0.2, 0.25) is 0 Å². The number of fused-ring (bicyclic) bond motifs is 1. The first-order valence-electron chi connectivity index (χ1n) is 10.8. The van der Waals surface area contributed by atoms with Gasteiger partial charge in [-0.05, 0) is 44.7 Å². The maximum Gasteiger partial charge on any atom is 0.408 e. The number of nitrogens with zero attached hydrogens (tertiary/aromatic N) is 2. The largest absolute Gasteiger partial charge is 0.444 e. The van der Waals surface area contributed by atoms with Crippen LogP contribution in [-0.4, -0.2) is 60.5 Å². The molecular formula is C22H31N3O5S2. The maximum atomic E-state index is 12.6. The molecule has 1 aromatic rings. The summed E-state index contributed by atoms with van der Waals surface area (Å²) in [5.41, 5.74) is 2.45. The Bertz CT molecular complexity index is 1010. The molecule has 3 rings (SSSR count). The number of carbonyl (C=O) groups excluding carboxylic acids is 2. The van der Waals surface area contributed by atoms with Crippen molar-refractivity contribution in [1.29, 1.82) is 0 Å². The predicted octanol–water partition coefficient (Wildman–Crippen LogP) is 2.94. The molecule has 2 atom stereocenters. The van der Waals surface area contributed by atoms with Crippen LogP contribution in [0.15, 0.2) is 23.2 Å². The van der Waals surface area contributed by atoms with E-state index in [1.165, 1.54) is 11.8 Å². The lowest BCUT2D eigenvalue weighted by Gasteiger charge is -2.29. The Morgan fingerprint density at radius 3 is 2.38 bits per heavy atom. The summed E-state index contributed by atoms with van der Waals surface area (Å²) in [4.78, 5) is 30.7. The fourth-order valence-corrected chi connectivity index (χ4v) is 7.88. The number of ether oxygens (including phenoxy) is 1. The lowest BCUT2D eigenvalue weighted by Crippen LogP contribution is -2.39. The average Bonchev–Trinajstić information content (AvgIpc) is 3.15. The number of carbonyl (C=O) groups is 2. The Morgan fingerprint density at radius 2 is 1.81 bits per heavy atom. The molecule has 0 spiro atoms. The Balaban J connectivity index is 1.90. The van der Waals surface area contributed by atoms with Crippen LogP contribution in [0.3, 0.4) is 0 Å². The number of alkyl carbamates (subject to hydrolysis) is 1. The standard InChI is InChI=1S/C22H31N3O5S2/c1-6-14-9-8-10-15(7-2)19(14)25-16-12-32(28,29)13-17(16)31-20(25)24-18(26)11-23-21(27)30-22(3,4)5/h8-10,16-17H,6-7,11-13H2,1-5H3,(H,23,27)/t16-,17+/m1/s1. The second kappa shape index (κ2) is 9.43. The summed E-state index contributed by atoms with van der Waals surface area (Å²) in [5.74, 6) is -0.411. The smallest absolute Gasteiger partial charge is 0.408 e. The van der Waals surface area contributed by atoms with Gasteiger partial charge in [0.15, 0.2) is 15.0 Å². The number of hydrogen-bond acceptors (Lipinski definition) is 6. The number of aliphatic imine (C=N–C) groups is 1. The maximum absolute atomic E-state index is 12.6. The molecule has 0 aliphatic carbocycles. The van der Waals surface area contributed by atoms with E-state index in [-0.39, 0.29) is 29.3 Å². The SMILES string of the molecule is CCc1cccc(CC)c1N1C(=NC(=O)CNC(=O)OC(C)(C)C)S[C@H]2CS(=O)(=O)C[C@H]21. The highest BCUT2D eigenvalue weighted by molar-refractivity contribution is 8.16. The fourth-order valence-electron chi connectivity index (χ4n) is 3.96. The molecule has 2 aliphatic rings. The summed E-state index contributed by atoms with van der Waals surface area (Å²) in [6, 6.07) is 5.78. The Kier molecular flexibility index (Phi) is 7.24. The highest BCUT2D eigenvalue weighted by Gasteiger charge is 2.50. The number of para-hydroxylation sites is 1. The average molecular weight is 482 g/mol. The quantitative estimate of drug-likeness (QED) is 0.689. The molecule has 2 heterocycles. The molecule has 2 amide bonds. The van der Waals surface area contributed by atoms with Crippen molar-refractivity contribution in [3.63, 3.8) is 0 Å². The molecule has 0 aromatic heterocycles. The van der Waals surface area contributed by atoms with E-state index in [2.05, 4.69) is 24.2 Å². The van der Waals surface area contributed by atoms with Crippen molar-refractivity contribution in [2.75, 3.05) is 23.0 Å². The molecule has 0 saturated carbocycles. The second-order valence-corrected chi connectivity index (χ2v) is 12.3. The van der Waals surface area contributed by atoms with Crippen LogP contribution >= 0.6 is 11.8 Å². The van der Waals surface area contributed by atoms with Crippen molar-refractivity contribution >= 4 is 44.5 Å². The summed E-state index contributed by atoms with van der Waals surface area (Å²) < 4.78 is 29.8. The summed E-state index contributed by atoms with van der Waals surface area (Å²) in [5, 5.41) is 2.74. The topological polar surface area (TPSA) is 105 Å². The molecule has 2 aliphatic heterocycles. The number of aryl methyl sites for hydroxylation is 2. The Hall–Kier alpha value is -2.07. The van der Waals surface area contributed by atoms with Crippen LogP contribution in [0, 0.1) is 0 Å². The molecule has 176 valence electrons. The third kappa shape index (κ3) is 5.64. The Morgan fingerprint density at radius 1 is 1.19 bits per heavy atom. The minimum absolute atomic E-state index is 0.0369. The molecule has 2 fully saturated rings. The lowest BCUT2D eigenvalue weighted by molar-refractivity contribution is -0.117. The van der Waals surface area contributed by atoms with Gasteiger partial charge >= 0.3 is 6.09 Å². The van der Waals surface area contributed by atoms with Gasteiger partial charge in [0.2, 0.25) is 0 Å². The van der Waals surface area contributed by atoms with Crippen LogP contribution in [0.1, 0.15) is 45.7 Å². The number of nitrogens with one attached hydrogen (secondary N) is 1. The van der Waals surface area contributed by atoms with Crippen molar-refractivity contribution in [3.8, 4) is 0 Å². The van der Waals surface area contributed by atoms with Gasteiger partial charge in [0, 0.05) is 10.9 Å². The van der Waals surface area contributed by atoms with Gasteiger partial charge in [-0.25, -0.2) is 13.2 Å². The first-order valence-corrected chi connectivity index (χ1v) is 13.5. The zero-order valence-electron chi connectivity index (χ0n) is 19.2. The molecule has 1 aromatic carbocycles. The monoisotopic (exact) mass is 481 g/mol.